The van der Waals surface area contributed by atoms with Gasteiger partial charge in [0.15, 0.2) is 11.6 Å². The summed E-state index contributed by atoms with van der Waals surface area (Å²) in [7, 11) is 0. The Labute approximate surface area is 110 Å². The molecule has 18 heavy (non-hydrogen) atoms. The molecule has 1 aliphatic rings. The van der Waals surface area contributed by atoms with Gasteiger partial charge in [-0.25, -0.2) is 8.78 Å². The maximum atomic E-state index is 13.7. The molecule has 100 valence electrons. The van der Waals surface area contributed by atoms with E-state index in [1.165, 1.54) is 6.42 Å². The quantitative estimate of drug-likeness (QED) is 0.825. The summed E-state index contributed by atoms with van der Waals surface area (Å²) in [6, 6.07) is 2.44. The number of nitrogens with two attached hydrogens (primary N) is 1. The van der Waals surface area contributed by atoms with Gasteiger partial charge in [0, 0.05) is 17.0 Å². The Morgan fingerprint density at radius 1 is 1.22 bits per heavy atom. The fourth-order valence-corrected chi connectivity index (χ4v) is 3.40. The topological polar surface area (TPSA) is 38.0 Å². The molecule has 1 fully saturated rings. The van der Waals surface area contributed by atoms with Crippen molar-refractivity contribution >= 4 is 23.1 Å². The molecule has 2 unspecified atom stereocenters. The molecule has 2 rings (SSSR count). The van der Waals surface area contributed by atoms with E-state index in [0.717, 1.165) is 31.4 Å². The summed E-state index contributed by atoms with van der Waals surface area (Å²) in [6.45, 7) is 0. The third kappa shape index (κ3) is 2.88. The first-order valence-corrected chi connectivity index (χ1v) is 7.44. The molecule has 0 saturated heterocycles. The van der Waals surface area contributed by atoms with Crippen LogP contribution < -0.4 is 11.1 Å². The number of hydrogen-bond acceptors (Lipinski definition) is 3. The van der Waals surface area contributed by atoms with Crippen molar-refractivity contribution < 1.29 is 8.78 Å². The van der Waals surface area contributed by atoms with Crippen molar-refractivity contribution in [2.45, 2.75) is 37.0 Å². The van der Waals surface area contributed by atoms with E-state index in [0.29, 0.717) is 5.25 Å². The summed E-state index contributed by atoms with van der Waals surface area (Å²) < 4.78 is 27.4. The second-order valence-electron chi connectivity index (χ2n) is 4.67. The second-order valence-corrected chi connectivity index (χ2v) is 5.75. The number of anilines is 2. The first-order valence-electron chi connectivity index (χ1n) is 6.15. The molecule has 1 saturated carbocycles. The van der Waals surface area contributed by atoms with Gasteiger partial charge in [0.2, 0.25) is 0 Å². The average molecular weight is 272 g/mol. The van der Waals surface area contributed by atoms with Crippen LogP contribution in [0.1, 0.15) is 25.7 Å². The van der Waals surface area contributed by atoms with E-state index >= 15 is 0 Å². The zero-order chi connectivity index (χ0) is 13.1. The van der Waals surface area contributed by atoms with Gasteiger partial charge in [-0.2, -0.15) is 11.8 Å². The van der Waals surface area contributed by atoms with Gasteiger partial charge in [-0.05, 0) is 31.2 Å². The predicted molar refractivity (Wildman–Crippen MR) is 74.0 cm³/mol. The lowest BCUT2D eigenvalue weighted by Crippen LogP contribution is -2.34. The minimum absolute atomic E-state index is 0.0462. The van der Waals surface area contributed by atoms with Gasteiger partial charge in [0.05, 0.1) is 0 Å². The summed E-state index contributed by atoms with van der Waals surface area (Å²) in [4.78, 5) is 0. The molecular formula is C13H18F2N2S. The molecule has 0 spiro atoms. The van der Waals surface area contributed by atoms with E-state index in [2.05, 4.69) is 5.32 Å². The van der Waals surface area contributed by atoms with E-state index in [4.69, 9.17) is 5.73 Å². The number of thioether (sulfide) groups is 1. The van der Waals surface area contributed by atoms with Crippen molar-refractivity contribution in [1.82, 2.24) is 0 Å². The van der Waals surface area contributed by atoms with Crippen LogP contribution in [-0.2, 0) is 0 Å². The van der Waals surface area contributed by atoms with Crippen molar-refractivity contribution in [3.8, 4) is 0 Å². The Hall–Kier alpha value is -0.970. The van der Waals surface area contributed by atoms with E-state index in [1.54, 1.807) is 11.8 Å². The van der Waals surface area contributed by atoms with Crippen LogP contribution in [0.2, 0.25) is 0 Å². The summed E-state index contributed by atoms with van der Waals surface area (Å²) in [6.07, 6.45) is 6.38. The smallest absolute Gasteiger partial charge is 0.151 e. The lowest BCUT2D eigenvalue weighted by molar-refractivity contribution is 0.469. The third-order valence-electron chi connectivity index (χ3n) is 3.40. The number of nitrogen functional groups attached to an aromatic ring is 1. The molecule has 0 amide bonds. The summed E-state index contributed by atoms with van der Waals surface area (Å²) in [5.74, 6) is -1.23. The predicted octanol–water partition coefficient (Wildman–Crippen LogP) is 3.63. The van der Waals surface area contributed by atoms with Gasteiger partial charge >= 0.3 is 0 Å². The first kappa shape index (κ1) is 13.5. The molecule has 0 aromatic heterocycles. The van der Waals surface area contributed by atoms with Crippen LogP contribution in [0, 0.1) is 11.6 Å². The number of hydrogen-bond donors (Lipinski definition) is 2. The Morgan fingerprint density at radius 3 is 2.44 bits per heavy atom. The molecule has 1 aromatic rings. The molecule has 2 atom stereocenters. The van der Waals surface area contributed by atoms with Crippen molar-refractivity contribution in [3.05, 3.63) is 23.8 Å². The molecule has 1 aliphatic carbocycles. The Kier molecular flexibility index (Phi) is 4.32. The maximum Gasteiger partial charge on any atom is 0.151 e. The highest BCUT2D eigenvalue weighted by Crippen LogP contribution is 2.31. The van der Waals surface area contributed by atoms with Crippen molar-refractivity contribution in [1.29, 1.82) is 0 Å². The van der Waals surface area contributed by atoms with Gasteiger partial charge in [0.1, 0.15) is 5.69 Å². The summed E-state index contributed by atoms with van der Waals surface area (Å²) in [5, 5.41) is 3.43. The van der Waals surface area contributed by atoms with E-state index < -0.39 is 11.6 Å². The maximum absolute atomic E-state index is 13.7. The van der Waals surface area contributed by atoms with Crippen LogP contribution in [-0.4, -0.2) is 17.5 Å². The number of nitrogens with one attached hydrogen (secondary N) is 1. The Balaban J connectivity index is 2.17. The van der Waals surface area contributed by atoms with Gasteiger partial charge in [-0.1, -0.05) is 12.8 Å². The highest BCUT2D eigenvalue weighted by Gasteiger charge is 2.26. The molecule has 1 aromatic carbocycles. The summed E-state index contributed by atoms with van der Waals surface area (Å²) >= 11 is 1.76. The Morgan fingerprint density at radius 2 is 1.83 bits per heavy atom. The van der Waals surface area contributed by atoms with E-state index in [9.17, 15) is 8.78 Å². The normalized spacial score (nSPS) is 23.9. The van der Waals surface area contributed by atoms with Gasteiger partial charge in [0.25, 0.3) is 0 Å². The fraction of sp³-hybridized carbons (Fsp3) is 0.538. The second kappa shape index (κ2) is 5.78. The monoisotopic (exact) mass is 272 g/mol. The highest BCUT2D eigenvalue weighted by molar-refractivity contribution is 7.99. The zero-order valence-electron chi connectivity index (χ0n) is 10.4. The number of halogens is 2. The van der Waals surface area contributed by atoms with Gasteiger partial charge in [-0.3, -0.25) is 0 Å². The van der Waals surface area contributed by atoms with Crippen LogP contribution in [0.25, 0.3) is 0 Å². The fourth-order valence-electron chi connectivity index (χ4n) is 2.46. The number of rotatable bonds is 3. The molecule has 5 heteroatoms. The zero-order valence-corrected chi connectivity index (χ0v) is 11.2. The lowest BCUT2D eigenvalue weighted by atomic mass is 9.94. The lowest BCUT2D eigenvalue weighted by Gasteiger charge is -2.32. The molecule has 0 heterocycles. The Bertz CT molecular complexity index is 402. The van der Waals surface area contributed by atoms with Crippen LogP contribution in [0.15, 0.2) is 12.1 Å². The van der Waals surface area contributed by atoms with Crippen LogP contribution in [0.4, 0.5) is 20.2 Å². The van der Waals surface area contributed by atoms with Crippen molar-refractivity contribution in [3.63, 3.8) is 0 Å². The van der Waals surface area contributed by atoms with Gasteiger partial charge < -0.3 is 11.1 Å². The number of benzene rings is 1. The third-order valence-corrected chi connectivity index (χ3v) is 4.57. The van der Waals surface area contributed by atoms with E-state index in [-0.39, 0.29) is 17.4 Å². The molecule has 3 N–H and O–H groups in total. The molecule has 2 nitrogen and oxygen atoms in total. The summed E-state index contributed by atoms with van der Waals surface area (Å²) in [5.41, 5.74) is 5.47. The average Bonchev–Trinajstić information content (AvgIpc) is 2.34. The largest absolute Gasteiger partial charge is 0.399 e. The molecule has 0 bridgehead atoms. The molecule has 0 aliphatic heterocycles. The van der Waals surface area contributed by atoms with Crippen LogP contribution in [0.5, 0.6) is 0 Å². The van der Waals surface area contributed by atoms with Gasteiger partial charge in [-0.15, -0.1) is 0 Å². The van der Waals surface area contributed by atoms with Crippen molar-refractivity contribution in [2.75, 3.05) is 17.3 Å². The highest BCUT2D eigenvalue weighted by atomic mass is 32.2. The molecule has 0 radical (unpaired) electrons. The molecular weight excluding hydrogens is 254 g/mol. The van der Waals surface area contributed by atoms with Crippen LogP contribution in [0.3, 0.4) is 0 Å². The minimum Gasteiger partial charge on any atom is -0.399 e. The van der Waals surface area contributed by atoms with Crippen LogP contribution >= 0.6 is 11.8 Å². The van der Waals surface area contributed by atoms with Crippen molar-refractivity contribution in [2.24, 2.45) is 0 Å². The standard InChI is InChI=1S/C13H18F2N2S/c1-18-12-5-3-2-4-11(12)17-13-9(14)6-8(16)7-10(13)15/h6-7,11-12,17H,2-5,16H2,1H3. The first-order chi connectivity index (χ1) is 8.61. The van der Waals surface area contributed by atoms with E-state index in [1.807, 2.05) is 6.26 Å². The SMILES string of the molecule is CSC1CCCCC1Nc1c(F)cc(N)cc1F. The minimum atomic E-state index is -0.613.